The lowest BCUT2D eigenvalue weighted by atomic mass is 10.1. The summed E-state index contributed by atoms with van der Waals surface area (Å²) in [6.45, 7) is 0. The summed E-state index contributed by atoms with van der Waals surface area (Å²) in [5, 5.41) is 12.4. The Labute approximate surface area is 164 Å². The Bertz CT molecular complexity index is 870. The predicted octanol–water partition coefficient (Wildman–Crippen LogP) is 4.81. The molecule has 0 bridgehead atoms. The van der Waals surface area contributed by atoms with Crippen LogP contribution in [0, 0.1) is 0 Å². The van der Waals surface area contributed by atoms with Gasteiger partial charge in [0, 0.05) is 10.6 Å². The van der Waals surface area contributed by atoms with Gasteiger partial charge in [0.1, 0.15) is 0 Å². The summed E-state index contributed by atoms with van der Waals surface area (Å²) in [6, 6.07) is 12.7. The molecule has 4 nitrogen and oxygen atoms in total. The third kappa shape index (κ3) is 4.55. The zero-order valence-corrected chi connectivity index (χ0v) is 15.8. The summed E-state index contributed by atoms with van der Waals surface area (Å²) in [4.78, 5) is 12.1. The maximum atomic E-state index is 12.1. The number of rotatable bonds is 4. The van der Waals surface area contributed by atoms with Crippen molar-refractivity contribution in [3.05, 3.63) is 68.7 Å². The zero-order chi connectivity index (χ0) is 17.8. The number of hydrogen-bond donors (Lipinski definition) is 1. The predicted molar refractivity (Wildman–Crippen MR) is 106 cm³/mol. The highest BCUT2D eigenvalue weighted by Gasteiger charge is 2.31. The largest absolute Gasteiger partial charge is 0.303 e. The van der Waals surface area contributed by atoms with Crippen molar-refractivity contribution in [2.75, 3.05) is 0 Å². The lowest BCUT2D eigenvalue weighted by Gasteiger charge is -2.08. The van der Waals surface area contributed by atoms with Crippen LogP contribution in [0.15, 0.2) is 52.7 Å². The lowest BCUT2D eigenvalue weighted by molar-refractivity contribution is -0.118. The second-order valence-corrected chi connectivity index (χ2v) is 7.57. The van der Waals surface area contributed by atoms with Crippen LogP contribution in [-0.4, -0.2) is 22.5 Å². The van der Waals surface area contributed by atoms with E-state index in [4.69, 9.17) is 34.8 Å². The van der Waals surface area contributed by atoms with Gasteiger partial charge in [-0.2, -0.15) is 5.10 Å². The summed E-state index contributed by atoms with van der Waals surface area (Å²) in [7, 11) is 0. The molecule has 1 fully saturated rings. The van der Waals surface area contributed by atoms with Gasteiger partial charge in [-0.25, -0.2) is 0 Å². The molecule has 3 rings (SSSR count). The second kappa shape index (κ2) is 8.23. The van der Waals surface area contributed by atoms with Gasteiger partial charge in [-0.3, -0.25) is 4.79 Å². The molecule has 0 aliphatic carbocycles. The Kier molecular flexibility index (Phi) is 6.02. The Balaban J connectivity index is 1.68. The minimum absolute atomic E-state index is 0.132. The molecule has 2 aromatic rings. The van der Waals surface area contributed by atoms with Gasteiger partial charge in [-0.1, -0.05) is 76.9 Å². The van der Waals surface area contributed by atoms with Gasteiger partial charge < -0.3 is 5.32 Å². The quantitative estimate of drug-likeness (QED) is 0.578. The third-order valence-electron chi connectivity index (χ3n) is 3.46. The smallest absolute Gasteiger partial charge is 0.239 e. The molecule has 1 N–H and O–H groups in total. The highest BCUT2D eigenvalue weighted by atomic mass is 35.5. The molecule has 1 aliphatic rings. The fraction of sp³-hybridized carbons (Fsp3) is 0.118. The van der Waals surface area contributed by atoms with E-state index in [0.29, 0.717) is 26.7 Å². The van der Waals surface area contributed by atoms with E-state index in [2.05, 4.69) is 15.5 Å². The van der Waals surface area contributed by atoms with Crippen molar-refractivity contribution in [2.45, 2.75) is 11.7 Å². The molecule has 2 aromatic carbocycles. The van der Waals surface area contributed by atoms with Crippen LogP contribution < -0.4 is 5.32 Å². The molecule has 0 radical (unpaired) electrons. The van der Waals surface area contributed by atoms with Crippen molar-refractivity contribution in [3.8, 4) is 0 Å². The number of carbonyl (C=O) groups excluding carboxylic acids is 1. The van der Waals surface area contributed by atoms with Crippen molar-refractivity contribution in [1.82, 2.24) is 5.32 Å². The van der Waals surface area contributed by atoms with E-state index in [1.165, 1.54) is 11.8 Å². The minimum Gasteiger partial charge on any atom is -0.303 e. The first-order valence-electron chi connectivity index (χ1n) is 7.30. The van der Waals surface area contributed by atoms with Crippen LogP contribution in [0.5, 0.6) is 0 Å². The van der Waals surface area contributed by atoms with Crippen LogP contribution in [0.25, 0.3) is 0 Å². The number of carbonyl (C=O) groups is 1. The fourth-order valence-electron chi connectivity index (χ4n) is 2.22. The van der Waals surface area contributed by atoms with Gasteiger partial charge in [-0.05, 0) is 24.1 Å². The van der Waals surface area contributed by atoms with Crippen LogP contribution in [0.2, 0.25) is 15.1 Å². The molecule has 1 heterocycles. The maximum Gasteiger partial charge on any atom is 0.239 e. The Morgan fingerprint density at radius 2 is 1.84 bits per heavy atom. The number of nitrogens with one attached hydrogen (secondary N) is 1. The molecule has 0 saturated carbocycles. The van der Waals surface area contributed by atoms with Gasteiger partial charge in [-0.15, -0.1) is 5.10 Å². The fourth-order valence-corrected chi connectivity index (χ4v) is 3.75. The first-order valence-corrected chi connectivity index (χ1v) is 9.32. The maximum absolute atomic E-state index is 12.1. The van der Waals surface area contributed by atoms with Crippen LogP contribution in [-0.2, 0) is 11.2 Å². The first-order chi connectivity index (χ1) is 12.0. The van der Waals surface area contributed by atoms with Gasteiger partial charge >= 0.3 is 0 Å². The molecule has 128 valence electrons. The number of thioether (sulfide) groups is 1. The Morgan fingerprint density at radius 1 is 1.08 bits per heavy atom. The Morgan fingerprint density at radius 3 is 2.64 bits per heavy atom. The van der Waals surface area contributed by atoms with Gasteiger partial charge in [0.05, 0.1) is 21.5 Å². The number of hydrogen-bond acceptors (Lipinski definition) is 4. The summed E-state index contributed by atoms with van der Waals surface area (Å²) >= 11 is 19.5. The van der Waals surface area contributed by atoms with E-state index in [1.807, 2.05) is 30.3 Å². The SMILES string of the molecule is O=C1N/C(=N/N=C\c2ccccc2Cl)S[C@H]1Cc1cccc(Cl)c1Cl. The number of halogens is 3. The summed E-state index contributed by atoms with van der Waals surface area (Å²) < 4.78 is 0. The number of nitrogens with zero attached hydrogens (tertiary/aromatic N) is 2. The summed E-state index contributed by atoms with van der Waals surface area (Å²) in [5.41, 5.74) is 1.58. The monoisotopic (exact) mass is 411 g/mol. The topological polar surface area (TPSA) is 53.8 Å². The van der Waals surface area contributed by atoms with Crippen molar-refractivity contribution >= 4 is 63.9 Å². The second-order valence-electron chi connectivity index (χ2n) is 5.18. The van der Waals surface area contributed by atoms with Gasteiger partial charge in [0.15, 0.2) is 5.17 Å². The van der Waals surface area contributed by atoms with Crippen molar-refractivity contribution < 1.29 is 4.79 Å². The number of amidine groups is 1. The molecule has 1 atom stereocenters. The van der Waals surface area contributed by atoms with Crippen LogP contribution >= 0.6 is 46.6 Å². The van der Waals surface area contributed by atoms with Crippen LogP contribution in [0.1, 0.15) is 11.1 Å². The molecule has 0 unspecified atom stereocenters. The number of benzene rings is 2. The molecule has 1 aliphatic heterocycles. The van der Waals surface area contributed by atoms with Crippen LogP contribution in [0.3, 0.4) is 0 Å². The van der Waals surface area contributed by atoms with E-state index >= 15 is 0 Å². The molecule has 0 aromatic heterocycles. The Hall–Kier alpha value is -1.53. The molecule has 8 heteroatoms. The van der Waals surface area contributed by atoms with Crippen molar-refractivity contribution in [2.24, 2.45) is 10.2 Å². The average Bonchev–Trinajstić information content (AvgIpc) is 2.93. The highest BCUT2D eigenvalue weighted by molar-refractivity contribution is 8.15. The zero-order valence-electron chi connectivity index (χ0n) is 12.7. The molecular weight excluding hydrogens is 401 g/mol. The van der Waals surface area contributed by atoms with Gasteiger partial charge in [0.2, 0.25) is 5.91 Å². The van der Waals surface area contributed by atoms with Crippen molar-refractivity contribution in [3.63, 3.8) is 0 Å². The van der Waals surface area contributed by atoms with Crippen molar-refractivity contribution in [1.29, 1.82) is 0 Å². The van der Waals surface area contributed by atoms with E-state index in [-0.39, 0.29) is 11.2 Å². The van der Waals surface area contributed by atoms with E-state index < -0.39 is 0 Å². The lowest BCUT2D eigenvalue weighted by Crippen LogP contribution is -2.26. The minimum atomic E-state index is -0.328. The van der Waals surface area contributed by atoms with Gasteiger partial charge in [0.25, 0.3) is 0 Å². The summed E-state index contributed by atoms with van der Waals surface area (Å²) in [6.07, 6.45) is 2.01. The van der Waals surface area contributed by atoms with Crippen LogP contribution in [0.4, 0.5) is 0 Å². The standard InChI is InChI=1S/C17H12Cl3N3OS/c18-12-6-2-1-4-11(12)9-21-23-17-22-16(24)14(25-17)8-10-5-3-7-13(19)15(10)20/h1-7,9,14H,8H2,(H,22,23,24)/b21-9-/t14-/m0/s1. The number of amides is 1. The average molecular weight is 413 g/mol. The molecule has 1 amide bonds. The molecule has 25 heavy (non-hydrogen) atoms. The first kappa shape index (κ1) is 18.3. The summed E-state index contributed by atoms with van der Waals surface area (Å²) in [5.74, 6) is -0.132. The van der Waals surface area contributed by atoms with E-state index in [1.54, 1.807) is 18.3 Å². The normalized spacial score (nSPS) is 18.9. The molecule has 0 spiro atoms. The van der Waals surface area contributed by atoms with E-state index in [9.17, 15) is 4.79 Å². The molecular formula is C17H12Cl3N3OS. The third-order valence-corrected chi connectivity index (χ3v) is 5.74. The molecule has 1 saturated heterocycles. The van der Waals surface area contributed by atoms with E-state index in [0.717, 1.165) is 11.1 Å². The highest BCUT2D eigenvalue weighted by Crippen LogP contribution is 2.30.